The van der Waals surface area contributed by atoms with Crippen LogP contribution in [0.4, 0.5) is 0 Å². The van der Waals surface area contributed by atoms with Gasteiger partial charge in [-0.15, -0.1) is 0 Å². The predicted octanol–water partition coefficient (Wildman–Crippen LogP) is 4.39. The largest absolute Gasteiger partial charge is 0.459 e. The van der Waals surface area contributed by atoms with Crippen LogP contribution in [0, 0.1) is 13.8 Å². The van der Waals surface area contributed by atoms with E-state index >= 15 is 0 Å². The highest BCUT2D eigenvalue weighted by atomic mass is 35.5. The molecule has 0 bridgehead atoms. The average Bonchev–Trinajstić information content (AvgIpc) is 3.13. The second-order valence-electron chi connectivity index (χ2n) is 6.29. The number of furan rings is 1. The Kier molecular flexibility index (Phi) is 5.59. The Hall–Kier alpha value is -2.37. The number of methoxy groups -OCH3 is 1. The van der Waals surface area contributed by atoms with Crippen LogP contribution in [0.15, 0.2) is 41.0 Å². The molecule has 0 unspecified atom stereocenters. The number of hydrogen-bond donors (Lipinski definition) is 0. The van der Waals surface area contributed by atoms with Crippen molar-refractivity contribution in [2.45, 2.75) is 20.4 Å². The molecule has 0 saturated heterocycles. The number of nitrogens with zero attached hydrogens (tertiary/aromatic N) is 2. The summed E-state index contributed by atoms with van der Waals surface area (Å²) in [6.45, 7) is 5.24. The number of benzene rings is 1. The zero-order valence-corrected chi connectivity index (χ0v) is 15.8. The monoisotopic (exact) mass is 372 g/mol. The highest BCUT2D eigenvalue weighted by Crippen LogP contribution is 2.25. The maximum Gasteiger partial charge on any atom is 0.289 e. The van der Waals surface area contributed by atoms with Crippen molar-refractivity contribution in [3.8, 4) is 0 Å². The minimum Gasteiger partial charge on any atom is -0.459 e. The first-order valence-corrected chi connectivity index (χ1v) is 8.75. The van der Waals surface area contributed by atoms with Gasteiger partial charge < -0.3 is 14.1 Å². The van der Waals surface area contributed by atoms with E-state index in [4.69, 9.17) is 20.8 Å². The molecular formula is C20H21ClN2O3. The van der Waals surface area contributed by atoms with E-state index in [1.165, 1.54) is 6.26 Å². The molecule has 6 heteroatoms. The number of aromatic nitrogens is 1. The first-order valence-electron chi connectivity index (χ1n) is 8.37. The number of carbonyl (C=O) groups excluding carboxylic acids is 1. The molecule has 0 aliphatic carbocycles. The van der Waals surface area contributed by atoms with Crippen LogP contribution in [0.3, 0.4) is 0 Å². The molecule has 0 saturated carbocycles. The molecule has 3 rings (SSSR count). The fraction of sp³-hybridized carbons (Fsp3) is 0.300. The van der Waals surface area contributed by atoms with E-state index in [1.807, 2.05) is 19.9 Å². The van der Waals surface area contributed by atoms with E-state index in [-0.39, 0.29) is 11.7 Å². The average molecular weight is 373 g/mol. The van der Waals surface area contributed by atoms with Gasteiger partial charge in [-0.25, -0.2) is 4.98 Å². The summed E-state index contributed by atoms with van der Waals surface area (Å²) in [5.41, 5.74) is 3.91. The van der Waals surface area contributed by atoms with Crippen molar-refractivity contribution < 1.29 is 13.9 Å². The third-order valence-electron chi connectivity index (χ3n) is 4.22. The first kappa shape index (κ1) is 18.4. The van der Waals surface area contributed by atoms with Crippen LogP contribution in [0.25, 0.3) is 10.9 Å². The highest BCUT2D eigenvalue weighted by molar-refractivity contribution is 6.30. The molecule has 0 fully saturated rings. The van der Waals surface area contributed by atoms with Crippen molar-refractivity contribution in [3.05, 3.63) is 64.2 Å². The van der Waals surface area contributed by atoms with Crippen molar-refractivity contribution in [2.75, 3.05) is 20.3 Å². The second-order valence-corrected chi connectivity index (χ2v) is 6.65. The Morgan fingerprint density at radius 1 is 1.31 bits per heavy atom. The Morgan fingerprint density at radius 3 is 2.81 bits per heavy atom. The predicted molar refractivity (Wildman–Crippen MR) is 102 cm³/mol. The van der Waals surface area contributed by atoms with Crippen LogP contribution in [-0.2, 0) is 11.3 Å². The molecule has 0 aliphatic heterocycles. The normalized spacial score (nSPS) is 11.1. The van der Waals surface area contributed by atoms with Crippen LogP contribution in [0.1, 0.15) is 27.2 Å². The summed E-state index contributed by atoms with van der Waals surface area (Å²) in [4.78, 5) is 18.9. The summed E-state index contributed by atoms with van der Waals surface area (Å²) >= 11 is 6.42. The second kappa shape index (κ2) is 7.89. The zero-order chi connectivity index (χ0) is 18.7. The Bertz CT molecular complexity index is 922. The number of amides is 1. The molecule has 0 N–H and O–H groups in total. The van der Waals surface area contributed by atoms with Gasteiger partial charge in [0.15, 0.2) is 5.76 Å². The lowest BCUT2D eigenvalue weighted by molar-refractivity contribution is 0.0649. The van der Waals surface area contributed by atoms with Crippen molar-refractivity contribution in [3.63, 3.8) is 0 Å². The van der Waals surface area contributed by atoms with Crippen molar-refractivity contribution in [1.82, 2.24) is 9.88 Å². The van der Waals surface area contributed by atoms with E-state index in [2.05, 4.69) is 17.1 Å². The van der Waals surface area contributed by atoms with E-state index in [0.717, 1.165) is 27.6 Å². The van der Waals surface area contributed by atoms with E-state index in [1.54, 1.807) is 24.1 Å². The molecule has 2 heterocycles. The number of halogens is 1. The Balaban J connectivity index is 1.95. The van der Waals surface area contributed by atoms with E-state index < -0.39 is 0 Å². The maximum atomic E-state index is 12.7. The van der Waals surface area contributed by atoms with Gasteiger partial charge in [0.1, 0.15) is 5.15 Å². The molecule has 26 heavy (non-hydrogen) atoms. The van der Waals surface area contributed by atoms with Crippen molar-refractivity contribution >= 4 is 28.4 Å². The summed E-state index contributed by atoms with van der Waals surface area (Å²) in [6.07, 6.45) is 1.48. The molecule has 1 aromatic carbocycles. The van der Waals surface area contributed by atoms with E-state index in [0.29, 0.717) is 24.8 Å². The third-order valence-corrected chi connectivity index (χ3v) is 4.55. The number of rotatable bonds is 6. The zero-order valence-electron chi connectivity index (χ0n) is 15.1. The van der Waals surface area contributed by atoms with Crippen LogP contribution in [-0.4, -0.2) is 36.1 Å². The first-order chi connectivity index (χ1) is 12.5. The number of carbonyl (C=O) groups is 1. The smallest absolute Gasteiger partial charge is 0.289 e. The maximum absolute atomic E-state index is 12.7. The topological polar surface area (TPSA) is 55.6 Å². The number of hydrogen-bond acceptors (Lipinski definition) is 4. The van der Waals surface area contributed by atoms with E-state index in [9.17, 15) is 4.79 Å². The van der Waals surface area contributed by atoms with Crippen LogP contribution >= 0.6 is 11.6 Å². The minimum atomic E-state index is -0.205. The summed E-state index contributed by atoms with van der Waals surface area (Å²) in [5.74, 6) is 0.0845. The molecule has 136 valence electrons. The van der Waals surface area contributed by atoms with Crippen molar-refractivity contribution in [2.24, 2.45) is 0 Å². The molecule has 0 aliphatic rings. The lowest BCUT2D eigenvalue weighted by Gasteiger charge is -2.22. The van der Waals surface area contributed by atoms with Gasteiger partial charge in [0.05, 0.1) is 18.4 Å². The molecule has 2 aromatic heterocycles. The summed E-state index contributed by atoms with van der Waals surface area (Å²) in [7, 11) is 1.60. The highest BCUT2D eigenvalue weighted by Gasteiger charge is 2.20. The van der Waals surface area contributed by atoms with Gasteiger partial charge in [-0.3, -0.25) is 4.79 Å². The van der Waals surface area contributed by atoms with Gasteiger partial charge in [-0.05, 0) is 43.7 Å². The van der Waals surface area contributed by atoms with Gasteiger partial charge in [0.2, 0.25) is 0 Å². The molecule has 0 radical (unpaired) electrons. The molecule has 0 atom stereocenters. The van der Waals surface area contributed by atoms with Crippen molar-refractivity contribution in [1.29, 1.82) is 0 Å². The standard InChI is InChI=1S/C20H21ClN2O3/c1-13-9-14(2)18-15(10-13)11-16(19(21)22-18)12-23(6-8-25-3)20(24)17-5-4-7-26-17/h4-5,7,9-11H,6,8,12H2,1-3H3. The van der Waals surface area contributed by atoms with Crippen LogP contribution in [0.2, 0.25) is 5.15 Å². The quantitative estimate of drug-likeness (QED) is 0.602. The molecular weight excluding hydrogens is 352 g/mol. The SMILES string of the molecule is COCCN(Cc1cc2cc(C)cc(C)c2nc1Cl)C(=O)c1ccco1. The molecule has 1 amide bonds. The molecule has 3 aromatic rings. The third kappa shape index (κ3) is 3.89. The fourth-order valence-corrected chi connectivity index (χ4v) is 3.20. The number of fused-ring (bicyclic) bond motifs is 1. The molecule has 0 spiro atoms. The lowest BCUT2D eigenvalue weighted by atomic mass is 10.1. The summed E-state index contributed by atoms with van der Waals surface area (Å²) in [5, 5.41) is 1.41. The van der Waals surface area contributed by atoms with Crippen LogP contribution < -0.4 is 0 Å². The lowest BCUT2D eigenvalue weighted by Crippen LogP contribution is -2.33. The summed E-state index contributed by atoms with van der Waals surface area (Å²) in [6, 6.07) is 9.49. The van der Waals surface area contributed by atoms with Gasteiger partial charge in [-0.2, -0.15) is 0 Å². The van der Waals surface area contributed by atoms with Gasteiger partial charge in [-0.1, -0.05) is 23.2 Å². The molecule has 5 nitrogen and oxygen atoms in total. The van der Waals surface area contributed by atoms with Gasteiger partial charge in [0, 0.05) is 31.1 Å². The summed E-state index contributed by atoms with van der Waals surface area (Å²) < 4.78 is 10.4. The van der Waals surface area contributed by atoms with Gasteiger partial charge in [0.25, 0.3) is 5.91 Å². The Morgan fingerprint density at radius 2 is 2.12 bits per heavy atom. The number of ether oxygens (including phenoxy) is 1. The Labute approximate surface area is 157 Å². The van der Waals surface area contributed by atoms with Crippen LogP contribution in [0.5, 0.6) is 0 Å². The minimum absolute atomic E-state index is 0.205. The number of pyridine rings is 1. The number of aryl methyl sites for hydroxylation is 2. The van der Waals surface area contributed by atoms with Gasteiger partial charge >= 0.3 is 0 Å². The fourth-order valence-electron chi connectivity index (χ4n) is 3.00.